The second-order valence-corrected chi connectivity index (χ2v) is 4.84. The maximum Gasteiger partial charge on any atom is 0.224 e. The molecule has 78 valence electrons. The van der Waals surface area contributed by atoms with Crippen molar-refractivity contribution in [2.24, 2.45) is 0 Å². The number of halogens is 3. The summed E-state index contributed by atoms with van der Waals surface area (Å²) in [5.41, 5.74) is 0.151. The molecular formula is C9H5Cl2FN2S. The number of aryl methyl sites for hydroxylation is 1. The molecule has 0 spiro atoms. The van der Waals surface area contributed by atoms with Gasteiger partial charge in [-0.1, -0.05) is 11.6 Å². The Balaban J connectivity index is 2.62. The summed E-state index contributed by atoms with van der Waals surface area (Å²) in [5, 5.41) is -0.307. The third-order valence-corrected chi connectivity index (χ3v) is 3.18. The van der Waals surface area contributed by atoms with Gasteiger partial charge >= 0.3 is 0 Å². The van der Waals surface area contributed by atoms with Crippen LogP contribution in [0.2, 0.25) is 10.4 Å². The summed E-state index contributed by atoms with van der Waals surface area (Å²) in [6.07, 6.45) is 0. The van der Waals surface area contributed by atoms with Crippen molar-refractivity contribution in [1.82, 2.24) is 9.97 Å². The Morgan fingerprint density at radius 1 is 1.27 bits per heavy atom. The molecule has 0 fully saturated rings. The summed E-state index contributed by atoms with van der Waals surface area (Å²) >= 11 is 12.6. The van der Waals surface area contributed by atoms with Crippen molar-refractivity contribution < 1.29 is 4.39 Å². The lowest BCUT2D eigenvalue weighted by Gasteiger charge is -2.00. The SMILES string of the molecule is Cc1ccc(-c2nc(Cl)nc(Cl)c2F)s1. The molecule has 0 atom stereocenters. The van der Waals surface area contributed by atoms with Gasteiger partial charge in [-0.3, -0.25) is 0 Å². The van der Waals surface area contributed by atoms with Crippen LogP contribution in [0.15, 0.2) is 12.1 Å². The fourth-order valence-electron chi connectivity index (χ4n) is 1.12. The number of thiophene rings is 1. The summed E-state index contributed by atoms with van der Waals surface area (Å²) in [6, 6.07) is 3.65. The Morgan fingerprint density at radius 2 is 2.00 bits per heavy atom. The van der Waals surface area contributed by atoms with Gasteiger partial charge in [0.25, 0.3) is 0 Å². The molecule has 0 saturated heterocycles. The van der Waals surface area contributed by atoms with Crippen molar-refractivity contribution in [3.8, 4) is 10.6 Å². The van der Waals surface area contributed by atoms with E-state index in [2.05, 4.69) is 9.97 Å². The Bertz CT molecular complexity index is 513. The normalized spacial score (nSPS) is 10.7. The van der Waals surface area contributed by atoms with Crippen molar-refractivity contribution in [2.75, 3.05) is 0 Å². The monoisotopic (exact) mass is 262 g/mol. The van der Waals surface area contributed by atoms with Crippen molar-refractivity contribution in [1.29, 1.82) is 0 Å². The highest BCUT2D eigenvalue weighted by molar-refractivity contribution is 7.15. The van der Waals surface area contributed by atoms with Gasteiger partial charge in [0.05, 0.1) is 4.88 Å². The molecule has 0 aliphatic heterocycles. The lowest BCUT2D eigenvalue weighted by atomic mass is 10.3. The molecule has 2 heterocycles. The predicted octanol–water partition coefficient (Wildman–Crippen LogP) is 3.96. The third kappa shape index (κ3) is 2.12. The molecule has 2 aromatic heterocycles. The molecule has 15 heavy (non-hydrogen) atoms. The van der Waals surface area contributed by atoms with Gasteiger partial charge in [-0.05, 0) is 30.7 Å². The van der Waals surface area contributed by atoms with Crippen molar-refractivity contribution in [3.05, 3.63) is 33.3 Å². The number of hydrogen-bond donors (Lipinski definition) is 0. The molecule has 0 saturated carbocycles. The zero-order valence-corrected chi connectivity index (χ0v) is 9.92. The quantitative estimate of drug-likeness (QED) is 0.575. The summed E-state index contributed by atoms with van der Waals surface area (Å²) < 4.78 is 13.6. The van der Waals surface area contributed by atoms with E-state index in [0.29, 0.717) is 4.88 Å². The first-order valence-corrected chi connectivity index (χ1v) is 5.60. The zero-order chi connectivity index (χ0) is 11.0. The van der Waals surface area contributed by atoms with Gasteiger partial charge in [-0.25, -0.2) is 14.4 Å². The molecular weight excluding hydrogens is 258 g/mol. The zero-order valence-electron chi connectivity index (χ0n) is 7.59. The average Bonchev–Trinajstić information content (AvgIpc) is 2.58. The highest BCUT2D eigenvalue weighted by atomic mass is 35.5. The molecule has 2 rings (SSSR count). The second-order valence-electron chi connectivity index (χ2n) is 2.86. The number of nitrogens with zero attached hydrogens (tertiary/aromatic N) is 2. The van der Waals surface area contributed by atoms with Crippen LogP contribution in [0, 0.1) is 12.7 Å². The van der Waals surface area contributed by atoms with E-state index in [-0.39, 0.29) is 16.1 Å². The fourth-order valence-corrected chi connectivity index (χ4v) is 2.35. The third-order valence-electron chi connectivity index (χ3n) is 1.76. The Hall–Kier alpha value is -0.710. The van der Waals surface area contributed by atoms with Crippen LogP contribution >= 0.6 is 34.5 Å². The molecule has 0 aromatic carbocycles. The van der Waals surface area contributed by atoms with E-state index in [9.17, 15) is 4.39 Å². The van der Waals surface area contributed by atoms with Gasteiger partial charge in [-0.15, -0.1) is 11.3 Å². The van der Waals surface area contributed by atoms with Crippen LogP contribution in [0.1, 0.15) is 4.88 Å². The van der Waals surface area contributed by atoms with Crippen LogP contribution in [-0.2, 0) is 0 Å². The van der Waals surface area contributed by atoms with Gasteiger partial charge in [0.2, 0.25) is 5.28 Å². The van der Waals surface area contributed by atoms with Gasteiger partial charge in [-0.2, -0.15) is 0 Å². The molecule has 0 amide bonds. The molecule has 0 bridgehead atoms. The maximum absolute atomic E-state index is 13.6. The lowest BCUT2D eigenvalue weighted by Crippen LogP contribution is -1.93. The molecule has 0 N–H and O–H groups in total. The molecule has 6 heteroatoms. The van der Waals surface area contributed by atoms with E-state index in [4.69, 9.17) is 23.2 Å². The van der Waals surface area contributed by atoms with E-state index in [1.165, 1.54) is 11.3 Å². The highest BCUT2D eigenvalue weighted by Gasteiger charge is 2.15. The van der Waals surface area contributed by atoms with Crippen LogP contribution in [0.25, 0.3) is 10.6 Å². The highest BCUT2D eigenvalue weighted by Crippen LogP contribution is 2.31. The van der Waals surface area contributed by atoms with E-state index in [1.54, 1.807) is 6.07 Å². The van der Waals surface area contributed by atoms with E-state index in [0.717, 1.165) is 4.88 Å². The van der Waals surface area contributed by atoms with Crippen LogP contribution in [0.4, 0.5) is 4.39 Å². The smallest absolute Gasteiger partial charge is 0.214 e. The predicted molar refractivity (Wildman–Crippen MR) is 60.1 cm³/mol. The molecule has 0 aliphatic rings. The van der Waals surface area contributed by atoms with Crippen LogP contribution in [0.3, 0.4) is 0 Å². The second kappa shape index (κ2) is 4.04. The molecule has 0 unspecified atom stereocenters. The first-order chi connectivity index (χ1) is 7.08. The minimum atomic E-state index is -0.636. The van der Waals surface area contributed by atoms with Gasteiger partial charge in [0.15, 0.2) is 11.0 Å². The Labute approximate surface area is 99.7 Å². The minimum absolute atomic E-state index is 0.0533. The number of aromatic nitrogens is 2. The van der Waals surface area contributed by atoms with Crippen LogP contribution in [0.5, 0.6) is 0 Å². The topological polar surface area (TPSA) is 25.8 Å². The number of rotatable bonds is 1. The molecule has 2 aromatic rings. The van der Waals surface area contributed by atoms with Crippen molar-refractivity contribution in [2.45, 2.75) is 6.92 Å². The fraction of sp³-hybridized carbons (Fsp3) is 0.111. The van der Waals surface area contributed by atoms with Gasteiger partial charge in [0, 0.05) is 4.88 Å². The Kier molecular flexibility index (Phi) is 2.91. The minimum Gasteiger partial charge on any atom is -0.214 e. The van der Waals surface area contributed by atoms with Gasteiger partial charge < -0.3 is 0 Å². The summed E-state index contributed by atoms with van der Waals surface area (Å²) in [7, 11) is 0. The first-order valence-electron chi connectivity index (χ1n) is 4.03. The lowest BCUT2D eigenvalue weighted by molar-refractivity contribution is 0.619. The average molecular weight is 263 g/mol. The van der Waals surface area contributed by atoms with E-state index >= 15 is 0 Å². The van der Waals surface area contributed by atoms with Crippen molar-refractivity contribution >= 4 is 34.5 Å². The summed E-state index contributed by atoms with van der Waals surface area (Å²) in [6.45, 7) is 1.93. The van der Waals surface area contributed by atoms with Crippen LogP contribution < -0.4 is 0 Å². The van der Waals surface area contributed by atoms with Gasteiger partial charge in [0.1, 0.15) is 5.69 Å². The standard InChI is InChI=1S/C9H5Cl2FN2S/c1-4-2-3-5(15-4)7-6(12)8(10)14-9(11)13-7/h2-3H,1H3. The molecule has 0 aliphatic carbocycles. The van der Waals surface area contributed by atoms with E-state index < -0.39 is 5.82 Å². The summed E-state index contributed by atoms with van der Waals surface area (Å²) in [5.74, 6) is -0.636. The first kappa shape index (κ1) is 10.8. The maximum atomic E-state index is 13.6. The summed E-state index contributed by atoms with van der Waals surface area (Å²) in [4.78, 5) is 9.09. The largest absolute Gasteiger partial charge is 0.224 e. The van der Waals surface area contributed by atoms with Crippen LogP contribution in [-0.4, -0.2) is 9.97 Å². The molecule has 2 nitrogen and oxygen atoms in total. The molecule has 0 radical (unpaired) electrons. The number of hydrogen-bond acceptors (Lipinski definition) is 3. The van der Waals surface area contributed by atoms with Crippen molar-refractivity contribution in [3.63, 3.8) is 0 Å². The Morgan fingerprint density at radius 3 is 2.60 bits per heavy atom. The van der Waals surface area contributed by atoms with E-state index in [1.807, 2.05) is 13.0 Å².